The number of fused-ring (bicyclic) bond motifs is 4. The van der Waals surface area contributed by atoms with Crippen LogP contribution in [0.5, 0.6) is 5.75 Å². The molecule has 2 heterocycles. The Balaban J connectivity index is 1.32. The molecular weight excluding hydrogens is 454 g/mol. The van der Waals surface area contributed by atoms with Crippen LogP contribution in [0.1, 0.15) is 28.0 Å². The molecule has 0 aliphatic heterocycles. The highest BCUT2D eigenvalue weighted by atomic mass is 32.1. The molecule has 0 fully saturated rings. The number of ether oxygens (including phenoxy) is 1. The number of hydrogen-bond donors (Lipinski definition) is 1. The van der Waals surface area contributed by atoms with Gasteiger partial charge in [0.05, 0.1) is 25.4 Å². The largest absolute Gasteiger partial charge is 0.496 e. The monoisotopic (exact) mass is 481 g/mol. The number of anilines is 1. The lowest BCUT2D eigenvalue weighted by Gasteiger charge is -2.24. The third kappa shape index (κ3) is 3.98. The van der Waals surface area contributed by atoms with E-state index in [4.69, 9.17) is 9.72 Å². The van der Waals surface area contributed by atoms with Crippen LogP contribution in [0.4, 0.5) is 5.69 Å². The smallest absolute Gasteiger partial charge is 0.262 e. The van der Waals surface area contributed by atoms with Crippen LogP contribution >= 0.6 is 11.3 Å². The van der Waals surface area contributed by atoms with Crippen LogP contribution in [0.15, 0.2) is 71.8 Å². The van der Waals surface area contributed by atoms with Crippen molar-refractivity contribution in [2.24, 2.45) is 0 Å². The molecule has 0 bridgehead atoms. The van der Waals surface area contributed by atoms with Crippen molar-refractivity contribution in [3.63, 3.8) is 0 Å². The Bertz CT molecular complexity index is 1600. The van der Waals surface area contributed by atoms with Gasteiger partial charge in [0.2, 0.25) is 0 Å². The molecule has 5 nitrogen and oxygen atoms in total. The summed E-state index contributed by atoms with van der Waals surface area (Å²) < 4.78 is 7.28. The van der Waals surface area contributed by atoms with Crippen LogP contribution in [0.2, 0.25) is 0 Å². The predicted octanol–water partition coefficient (Wildman–Crippen LogP) is 5.95. The van der Waals surface area contributed by atoms with Crippen molar-refractivity contribution in [2.45, 2.75) is 38.8 Å². The SMILES string of the molecule is COc1ccc(Cn2cnc3sc4c(c3c2=O)CCC(Nc2ccc(C)cc2)C4)c2ccccc12. The van der Waals surface area contributed by atoms with E-state index < -0.39 is 0 Å². The first kappa shape index (κ1) is 21.9. The minimum atomic E-state index is 0.0531. The Labute approximate surface area is 208 Å². The highest BCUT2D eigenvalue weighted by Crippen LogP contribution is 2.35. The van der Waals surface area contributed by atoms with Crippen LogP contribution in [0.25, 0.3) is 21.0 Å². The number of aromatic nitrogens is 2. The Morgan fingerprint density at radius 2 is 1.89 bits per heavy atom. The van der Waals surface area contributed by atoms with Gasteiger partial charge in [0.25, 0.3) is 5.56 Å². The summed E-state index contributed by atoms with van der Waals surface area (Å²) >= 11 is 1.67. The second kappa shape index (κ2) is 8.86. The molecule has 0 amide bonds. The van der Waals surface area contributed by atoms with Gasteiger partial charge >= 0.3 is 0 Å². The number of hydrogen-bond acceptors (Lipinski definition) is 5. The van der Waals surface area contributed by atoms with E-state index in [0.29, 0.717) is 12.6 Å². The topological polar surface area (TPSA) is 56.2 Å². The summed E-state index contributed by atoms with van der Waals surface area (Å²) in [7, 11) is 1.68. The van der Waals surface area contributed by atoms with Gasteiger partial charge in [-0.15, -0.1) is 11.3 Å². The number of nitrogens with one attached hydrogen (secondary N) is 1. The number of nitrogens with zero attached hydrogens (tertiary/aromatic N) is 2. The molecular formula is C29H27N3O2S. The maximum atomic E-state index is 13.6. The fourth-order valence-corrected chi connectivity index (χ4v) is 6.41. The van der Waals surface area contributed by atoms with Crippen molar-refractivity contribution >= 4 is 38.0 Å². The molecule has 35 heavy (non-hydrogen) atoms. The lowest BCUT2D eigenvalue weighted by atomic mass is 9.93. The van der Waals surface area contributed by atoms with Gasteiger partial charge in [0, 0.05) is 28.4 Å². The van der Waals surface area contributed by atoms with E-state index in [0.717, 1.165) is 57.3 Å². The van der Waals surface area contributed by atoms with Crippen LogP contribution in [-0.4, -0.2) is 22.7 Å². The Kier molecular flexibility index (Phi) is 5.53. The van der Waals surface area contributed by atoms with E-state index in [1.54, 1.807) is 29.3 Å². The lowest BCUT2D eigenvalue weighted by Crippen LogP contribution is -2.27. The Hall–Kier alpha value is -3.64. The summed E-state index contributed by atoms with van der Waals surface area (Å²) in [5.74, 6) is 0.839. The van der Waals surface area contributed by atoms with Crippen molar-refractivity contribution in [3.05, 3.63) is 98.9 Å². The summed E-state index contributed by atoms with van der Waals surface area (Å²) in [5.41, 5.74) is 4.74. The molecule has 6 heteroatoms. The normalized spacial score (nSPS) is 15.3. The van der Waals surface area contributed by atoms with Gasteiger partial charge in [0.15, 0.2) is 0 Å². The number of rotatable bonds is 5. The molecule has 1 unspecified atom stereocenters. The first-order chi connectivity index (χ1) is 17.1. The summed E-state index contributed by atoms with van der Waals surface area (Å²) in [6, 6.07) is 21.1. The van der Waals surface area contributed by atoms with Crippen LogP contribution in [0, 0.1) is 6.92 Å². The van der Waals surface area contributed by atoms with Crippen molar-refractivity contribution in [1.82, 2.24) is 9.55 Å². The molecule has 176 valence electrons. The number of methoxy groups -OCH3 is 1. The fourth-order valence-electron chi connectivity index (χ4n) is 5.16. The predicted molar refractivity (Wildman–Crippen MR) is 144 cm³/mol. The summed E-state index contributed by atoms with van der Waals surface area (Å²) in [4.78, 5) is 20.5. The third-order valence-electron chi connectivity index (χ3n) is 6.99. The van der Waals surface area contributed by atoms with Crippen molar-refractivity contribution in [2.75, 3.05) is 12.4 Å². The van der Waals surface area contributed by atoms with Gasteiger partial charge in [-0.2, -0.15) is 0 Å². The molecule has 3 aromatic carbocycles. The van der Waals surface area contributed by atoms with Gasteiger partial charge < -0.3 is 10.1 Å². The van der Waals surface area contributed by atoms with Gasteiger partial charge in [-0.05, 0) is 54.5 Å². The van der Waals surface area contributed by atoms with E-state index in [2.05, 4.69) is 48.6 Å². The van der Waals surface area contributed by atoms with Crippen molar-refractivity contribution < 1.29 is 4.74 Å². The molecule has 1 aliphatic carbocycles. The zero-order valence-corrected chi connectivity index (χ0v) is 20.7. The fraction of sp³-hybridized carbons (Fsp3) is 0.241. The number of benzene rings is 3. The Morgan fingerprint density at radius 1 is 1.09 bits per heavy atom. The van der Waals surface area contributed by atoms with Crippen LogP contribution in [0.3, 0.4) is 0 Å². The minimum absolute atomic E-state index is 0.0531. The second-order valence-corrected chi connectivity index (χ2v) is 10.4. The average molecular weight is 482 g/mol. The molecule has 0 spiro atoms. The van der Waals surface area contributed by atoms with E-state index in [1.807, 2.05) is 24.3 Å². The van der Waals surface area contributed by atoms with Gasteiger partial charge in [-0.25, -0.2) is 4.98 Å². The van der Waals surface area contributed by atoms with Gasteiger partial charge in [0.1, 0.15) is 10.6 Å². The van der Waals surface area contributed by atoms with Crippen LogP contribution < -0.4 is 15.6 Å². The highest BCUT2D eigenvalue weighted by Gasteiger charge is 2.25. The summed E-state index contributed by atoms with van der Waals surface area (Å²) in [6.07, 6.45) is 4.52. The molecule has 2 aromatic heterocycles. The average Bonchev–Trinajstić information content (AvgIpc) is 3.26. The van der Waals surface area contributed by atoms with Crippen molar-refractivity contribution in [1.29, 1.82) is 0 Å². The standard InChI is InChI=1S/C29H27N3O2S/c1-18-7-10-20(11-8-18)31-21-12-13-24-26(15-21)35-28-27(24)29(33)32(17-30-28)16-19-9-14-25(34-2)23-6-4-3-5-22(19)23/h3-11,14,17,21,31H,12-13,15-16H2,1-2H3. The minimum Gasteiger partial charge on any atom is -0.496 e. The molecule has 1 N–H and O–H groups in total. The number of thiophene rings is 1. The maximum absolute atomic E-state index is 13.6. The van der Waals surface area contributed by atoms with Gasteiger partial charge in [-0.1, -0.05) is 48.0 Å². The molecule has 6 rings (SSSR count). The summed E-state index contributed by atoms with van der Waals surface area (Å²) in [5, 5.41) is 6.62. The number of aryl methyl sites for hydroxylation is 2. The van der Waals surface area contributed by atoms with Crippen molar-refractivity contribution in [3.8, 4) is 5.75 Å². The van der Waals surface area contributed by atoms with E-state index in [9.17, 15) is 4.79 Å². The van der Waals surface area contributed by atoms with E-state index in [1.165, 1.54) is 16.0 Å². The zero-order valence-electron chi connectivity index (χ0n) is 19.9. The van der Waals surface area contributed by atoms with E-state index >= 15 is 0 Å². The Morgan fingerprint density at radius 3 is 2.69 bits per heavy atom. The molecule has 0 saturated heterocycles. The molecule has 1 atom stereocenters. The van der Waals surface area contributed by atoms with Crippen LogP contribution in [-0.2, 0) is 19.4 Å². The molecule has 0 radical (unpaired) electrons. The summed E-state index contributed by atoms with van der Waals surface area (Å²) in [6.45, 7) is 2.58. The first-order valence-electron chi connectivity index (χ1n) is 12.0. The lowest BCUT2D eigenvalue weighted by molar-refractivity contribution is 0.419. The highest BCUT2D eigenvalue weighted by molar-refractivity contribution is 7.18. The van der Waals surface area contributed by atoms with Gasteiger partial charge in [-0.3, -0.25) is 9.36 Å². The molecule has 5 aromatic rings. The first-order valence-corrected chi connectivity index (χ1v) is 12.8. The van der Waals surface area contributed by atoms with E-state index in [-0.39, 0.29) is 5.56 Å². The quantitative estimate of drug-likeness (QED) is 0.337. The maximum Gasteiger partial charge on any atom is 0.262 e. The third-order valence-corrected chi connectivity index (χ3v) is 8.16. The zero-order chi connectivity index (χ0) is 23.9. The molecule has 1 aliphatic rings. The molecule has 0 saturated carbocycles. The second-order valence-electron chi connectivity index (χ2n) is 9.28.